The maximum Gasteiger partial charge on any atom is 0.264 e. The molecule has 2 aliphatic rings. The summed E-state index contributed by atoms with van der Waals surface area (Å²) in [5.41, 5.74) is 0.884. The third-order valence-corrected chi connectivity index (χ3v) is 9.59. The SMILES string of the molecule is C=CCN1C(=O)[C@]2(O[C@H](CCn3cc(CCO)nn3)[C@@H]([Si](C)(C)O)[C@@H]2C)c2cc(Cl)ccc21. The van der Waals surface area contributed by atoms with Gasteiger partial charge in [-0.1, -0.05) is 29.8 Å². The van der Waals surface area contributed by atoms with Crippen LogP contribution in [0, 0.1) is 5.92 Å². The first kappa shape index (κ1) is 24.1. The Hall–Kier alpha value is -2.04. The molecule has 2 N–H and O–H groups in total. The van der Waals surface area contributed by atoms with Gasteiger partial charge >= 0.3 is 0 Å². The van der Waals surface area contributed by atoms with Crippen molar-refractivity contribution in [2.24, 2.45) is 5.92 Å². The molecule has 1 saturated heterocycles. The molecule has 0 bridgehead atoms. The van der Waals surface area contributed by atoms with E-state index in [9.17, 15) is 9.59 Å². The number of aryl methyl sites for hydroxylation is 1. The summed E-state index contributed by atoms with van der Waals surface area (Å²) in [5.74, 6) is -0.377. The van der Waals surface area contributed by atoms with Crippen LogP contribution in [0.15, 0.2) is 37.1 Å². The molecule has 4 atom stereocenters. The molecular weight excluding hydrogens is 460 g/mol. The van der Waals surface area contributed by atoms with Crippen molar-refractivity contribution in [2.45, 2.75) is 56.7 Å². The molecule has 1 fully saturated rings. The summed E-state index contributed by atoms with van der Waals surface area (Å²) in [6.45, 7) is 10.5. The maximum atomic E-state index is 13.9. The largest absolute Gasteiger partial charge is 0.432 e. The molecule has 2 aliphatic heterocycles. The van der Waals surface area contributed by atoms with E-state index in [-0.39, 0.29) is 30.1 Å². The summed E-state index contributed by atoms with van der Waals surface area (Å²) in [4.78, 5) is 26.8. The highest BCUT2D eigenvalue weighted by atomic mass is 35.5. The fourth-order valence-corrected chi connectivity index (χ4v) is 8.34. The van der Waals surface area contributed by atoms with E-state index in [2.05, 4.69) is 16.9 Å². The fraction of sp³-hybridized carbons (Fsp3) is 0.522. The van der Waals surface area contributed by atoms with Crippen LogP contribution in [0.5, 0.6) is 0 Å². The van der Waals surface area contributed by atoms with Crippen LogP contribution in [0.2, 0.25) is 23.7 Å². The number of anilines is 1. The normalized spacial score (nSPS) is 26.9. The Balaban J connectivity index is 1.70. The monoisotopic (exact) mass is 490 g/mol. The Morgan fingerprint density at radius 3 is 2.82 bits per heavy atom. The van der Waals surface area contributed by atoms with Crippen LogP contribution >= 0.6 is 11.6 Å². The number of hydrogen-bond acceptors (Lipinski definition) is 6. The van der Waals surface area contributed by atoms with Crippen LogP contribution in [0.1, 0.15) is 24.6 Å². The number of halogens is 1. The summed E-state index contributed by atoms with van der Waals surface area (Å²) in [5, 5.41) is 17.9. The first-order valence-corrected chi connectivity index (χ1v) is 14.7. The standard InChI is InChI=1S/C23H31ClN4O4Si/c1-5-10-28-19-7-6-16(24)13-18(19)23(22(28)30)15(2)21(33(3,4)31)20(32-23)8-11-27-14-17(9-12-29)25-26-27/h5-7,13-15,20-21,29,31H,1,8-12H2,2-4H3/t15-,20+,21-,23+/m0/s1. The number of ether oxygens (including phenoxy) is 1. The molecule has 178 valence electrons. The molecule has 8 nitrogen and oxygen atoms in total. The lowest BCUT2D eigenvalue weighted by atomic mass is 9.82. The molecule has 0 radical (unpaired) electrons. The second-order valence-corrected chi connectivity index (χ2v) is 13.9. The van der Waals surface area contributed by atoms with Crippen LogP contribution in [0.4, 0.5) is 5.69 Å². The maximum absolute atomic E-state index is 13.9. The lowest BCUT2D eigenvalue weighted by Gasteiger charge is -2.32. The van der Waals surface area contributed by atoms with E-state index in [0.29, 0.717) is 31.0 Å². The second-order valence-electron chi connectivity index (χ2n) is 9.46. The molecule has 1 aromatic heterocycles. The first-order chi connectivity index (χ1) is 15.6. The average Bonchev–Trinajstić information content (AvgIpc) is 3.38. The van der Waals surface area contributed by atoms with Gasteiger partial charge in [-0.25, -0.2) is 0 Å². The van der Waals surface area contributed by atoms with Crippen LogP contribution in [0.3, 0.4) is 0 Å². The van der Waals surface area contributed by atoms with Crippen molar-refractivity contribution < 1.29 is 19.4 Å². The van der Waals surface area contributed by atoms with Crippen LogP contribution in [-0.4, -0.2) is 58.4 Å². The summed E-state index contributed by atoms with van der Waals surface area (Å²) in [7, 11) is -2.72. The Morgan fingerprint density at radius 1 is 1.39 bits per heavy atom. The summed E-state index contributed by atoms with van der Waals surface area (Å²) < 4.78 is 8.42. The minimum absolute atomic E-state index is 0.0160. The van der Waals surface area contributed by atoms with E-state index >= 15 is 0 Å². The van der Waals surface area contributed by atoms with Gasteiger partial charge in [0, 0.05) is 54.4 Å². The van der Waals surface area contributed by atoms with Gasteiger partial charge in [-0.3, -0.25) is 9.48 Å². The highest BCUT2D eigenvalue weighted by Gasteiger charge is 2.66. The lowest BCUT2D eigenvalue weighted by Crippen LogP contribution is -2.46. The fourth-order valence-electron chi connectivity index (χ4n) is 5.57. The Bertz CT molecular complexity index is 1060. The number of carbonyl (C=O) groups excluding carboxylic acids is 1. The van der Waals surface area contributed by atoms with Gasteiger partial charge in [0.2, 0.25) is 0 Å². The van der Waals surface area contributed by atoms with E-state index in [4.69, 9.17) is 21.4 Å². The third-order valence-electron chi connectivity index (χ3n) is 6.85. The zero-order valence-electron chi connectivity index (χ0n) is 19.2. The molecule has 0 aliphatic carbocycles. The molecule has 1 amide bonds. The Labute approximate surface area is 199 Å². The Morgan fingerprint density at radius 2 is 2.15 bits per heavy atom. The topological polar surface area (TPSA) is 101 Å². The number of aliphatic hydroxyl groups is 1. The van der Waals surface area contributed by atoms with Gasteiger partial charge in [-0.05, 0) is 37.7 Å². The quantitative estimate of drug-likeness (QED) is 0.436. The molecule has 2 aromatic rings. The summed E-state index contributed by atoms with van der Waals surface area (Å²) >= 11 is 6.35. The highest BCUT2D eigenvalue weighted by Crippen LogP contribution is 2.59. The van der Waals surface area contributed by atoms with Crippen molar-refractivity contribution in [3.05, 3.63) is 53.3 Å². The number of nitrogens with zero attached hydrogens (tertiary/aromatic N) is 4. The minimum atomic E-state index is -2.72. The van der Waals surface area contributed by atoms with Gasteiger partial charge in [0.05, 0.1) is 17.5 Å². The van der Waals surface area contributed by atoms with Crippen LogP contribution in [0.25, 0.3) is 0 Å². The number of hydrogen-bond donors (Lipinski definition) is 2. The molecule has 33 heavy (non-hydrogen) atoms. The number of carbonyl (C=O) groups is 1. The van der Waals surface area contributed by atoms with Gasteiger partial charge in [0.1, 0.15) is 0 Å². The lowest BCUT2D eigenvalue weighted by molar-refractivity contribution is -0.145. The van der Waals surface area contributed by atoms with E-state index in [1.807, 2.05) is 38.3 Å². The molecule has 10 heteroatoms. The highest BCUT2D eigenvalue weighted by molar-refractivity contribution is 6.71. The third kappa shape index (κ3) is 4.06. The van der Waals surface area contributed by atoms with Gasteiger partial charge < -0.3 is 19.5 Å². The zero-order valence-corrected chi connectivity index (χ0v) is 21.0. The molecular formula is C23H31ClN4O4Si. The van der Waals surface area contributed by atoms with Crippen molar-refractivity contribution in [3.8, 4) is 0 Å². The van der Waals surface area contributed by atoms with Crippen molar-refractivity contribution in [3.63, 3.8) is 0 Å². The van der Waals surface area contributed by atoms with Crippen molar-refractivity contribution in [2.75, 3.05) is 18.1 Å². The number of fused-ring (bicyclic) bond motifs is 2. The molecule has 1 aromatic carbocycles. The number of aliphatic hydroxyl groups excluding tert-OH is 1. The molecule has 0 unspecified atom stereocenters. The smallest absolute Gasteiger partial charge is 0.264 e. The van der Waals surface area contributed by atoms with Gasteiger partial charge in [-0.15, -0.1) is 11.7 Å². The number of benzene rings is 1. The van der Waals surface area contributed by atoms with Crippen molar-refractivity contribution in [1.82, 2.24) is 15.0 Å². The molecule has 3 heterocycles. The minimum Gasteiger partial charge on any atom is -0.432 e. The summed E-state index contributed by atoms with van der Waals surface area (Å²) in [6, 6.07) is 5.45. The molecule has 1 spiro atoms. The van der Waals surface area contributed by atoms with Gasteiger partial charge in [0.25, 0.3) is 5.91 Å². The van der Waals surface area contributed by atoms with E-state index in [1.54, 1.807) is 21.7 Å². The predicted octanol–water partition coefficient (Wildman–Crippen LogP) is 2.89. The van der Waals surface area contributed by atoms with E-state index in [0.717, 1.165) is 16.9 Å². The average molecular weight is 491 g/mol. The number of rotatable bonds is 8. The van der Waals surface area contributed by atoms with Gasteiger partial charge in [-0.2, -0.15) is 0 Å². The first-order valence-electron chi connectivity index (χ1n) is 11.3. The zero-order chi connectivity index (χ0) is 24.0. The molecule has 4 rings (SSSR count). The number of aromatic nitrogens is 3. The van der Waals surface area contributed by atoms with Crippen LogP contribution < -0.4 is 4.90 Å². The summed E-state index contributed by atoms with van der Waals surface area (Å²) in [6.07, 6.45) is 4.19. The van der Waals surface area contributed by atoms with Crippen LogP contribution in [-0.2, 0) is 28.1 Å². The van der Waals surface area contributed by atoms with Gasteiger partial charge in [0.15, 0.2) is 13.9 Å². The predicted molar refractivity (Wildman–Crippen MR) is 129 cm³/mol. The number of amides is 1. The van der Waals surface area contributed by atoms with Crippen molar-refractivity contribution >= 4 is 31.5 Å². The molecule has 0 saturated carbocycles. The van der Waals surface area contributed by atoms with Crippen molar-refractivity contribution in [1.29, 1.82) is 0 Å². The second kappa shape index (κ2) is 8.96. The van der Waals surface area contributed by atoms with E-state index in [1.165, 1.54) is 0 Å². The Kier molecular flexibility index (Phi) is 6.54. The van der Waals surface area contributed by atoms with E-state index < -0.39 is 13.9 Å².